The minimum atomic E-state index is 0.556. The number of methoxy groups -OCH3 is 1. The molecule has 1 aliphatic carbocycles. The van der Waals surface area contributed by atoms with Crippen molar-refractivity contribution in [1.82, 2.24) is 5.32 Å². The smallest absolute Gasteiger partial charge is 0.122 e. The van der Waals surface area contributed by atoms with Crippen LogP contribution < -0.4 is 10.1 Å². The summed E-state index contributed by atoms with van der Waals surface area (Å²) in [6.07, 6.45) is 7.53. The topological polar surface area (TPSA) is 21.3 Å². The average molecular weight is 296 g/mol. The highest BCUT2D eigenvalue weighted by Crippen LogP contribution is 2.38. The van der Waals surface area contributed by atoms with Crippen molar-refractivity contribution in [3.05, 3.63) is 28.8 Å². The first-order valence-electron chi connectivity index (χ1n) is 7.81. The van der Waals surface area contributed by atoms with Gasteiger partial charge in [0.2, 0.25) is 0 Å². The summed E-state index contributed by atoms with van der Waals surface area (Å²) >= 11 is 6.18. The summed E-state index contributed by atoms with van der Waals surface area (Å²) < 4.78 is 5.53. The zero-order valence-corrected chi connectivity index (χ0v) is 13.4. The lowest BCUT2D eigenvalue weighted by Gasteiger charge is -2.23. The van der Waals surface area contributed by atoms with E-state index in [1.165, 1.54) is 44.1 Å². The lowest BCUT2D eigenvalue weighted by molar-refractivity contribution is 0.393. The van der Waals surface area contributed by atoms with E-state index in [-0.39, 0.29) is 0 Å². The summed E-state index contributed by atoms with van der Waals surface area (Å²) in [6, 6.07) is 6.63. The predicted octanol–water partition coefficient (Wildman–Crippen LogP) is 4.76. The molecular formula is C17H26ClNO. The minimum Gasteiger partial charge on any atom is -0.496 e. The normalized spacial score (nSPS) is 23.4. The van der Waals surface area contributed by atoms with Crippen molar-refractivity contribution in [2.24, 2.45) is 0 Å². The van der Waals surface area contributed by atoms with Gasteiger partial charge in [-0.25, -0.2) is 0 Å². The van der Waals surface area contributed by atoms with Crippen LogP contribution in [0.3, 0.4) is 0 Å². The number of hydrogen-bond acceptors (Lipinski definition) is 2. The van der Waals surface area contributed by atoms with Crippen molar-refractivity contribution in [1.29, 1.82) is 0 Å². The van der Waals surface area contributed by atoms with E-state index in [2.05, 4.69) is 18.3 Å². The molecule has 0 aromatic heterocycles. The maximum absolute atomic E-state index is 6.18. The first-order chi connectivity index (χ1) is 9.74. The Morgan fingerprint density at radius 2 is 2.10 bits per heavy atom. The summed E-state index contributed by atoms with van der Waals surface area (Å²) in [7, 11) is 1.75. The van der Waals surface area contributed by atoms with Gasteiger partial charge in [0.15, 0.2) is 0 Å². The van der Waals surface area contributed by atoms with Gasteiger partial charge in [0.25, 0.3) is 0 Å². The van der Waals surface area contributed by atoms with Gasteiger partial charge >= 0.3 is 0 Å². The number of benzene rings is 1. The zero-order chi connectivity index (χ0) is 14.4. The quantitative estimate of drug-likeness (QED) is 0.791. The molecule has 3 heteroatoms. The van der Waals surface area contributed by atoms with Crippen LogP contribution in [0, 0.1) is 0 Å². The average Bonchev–Trinajstić information content (AvgIpc) is 2.70. The fourth-order valence-corrected chi connectivity index (χ4v) is 3.38. The Hall–Kier alpha value is -0.730. The zero-order valence-electron chi connectivity index (χ0n) is 12.6. The van der Waals surface area contributed by atoms with Crippen LogP contribution in [-0.4, -0.2) is 19.7 Å². The van der Waals surface area contributed by atoms with Crippen molar-refractivity contribution in [2.45, 2.75) is 57.4 Å². The summed E-state index contributed by atoms with van der Waals surface area (Å²) in [5.74, 6) is 1.54. The number of rotatable bonds is 5. The molecule has 1 aliphatic rings. The van der Waals surface area contributed by atoms with E-state index in [1.807, 2.05) is 12.1 Å². The van der Waals surface area contributed by atoms with Crippen LogP contribution in [-0.2, 0) is 0 Å². The molecule has 20 heavy (non-hydrogen) atoms. The van der Waals surface area contributed by atoms with Gasteiger partial charge in [0.05, 0.1) is 7.11 Å². The molecule has 2 unspecified atom stereocenters. The van der Waals surface area contributed by atoms with Crippen LogP contribution >= 0.6 is 11.6 Å². The third-order valence-corrected chi connectivity index (χ3v) is 4.47. The monoisotopic (exact) mass is 295 g/mol. The van der Waals surface area contributed by atoms with Crippen LogP contribution in [0.15, 0.2) is 18.2 Å². The Balaban J connectivity index is 2.15. The van der Waals surface area contributed by atoms with Gasteiger partial charge < -0.3 is 10.1 Å². The molecule has 0 radical (unpaired) electrons. The van der Waals surface area contributed by atoms with Crippen molar-refractivity contribution in [3.8, 4) is 5.75 Å². The van der Waals surface area contributed by atoms with Crippen LogP contribution in [0.25, 0.3) is 0 Å². The highest BCUT2D eigenvalue weighted by atomic mass is 35.5. The van der Waals surface area contributed by atoms with Crippen LogP contribution in [0.4, 0.5) is 0 Å². The van der Waals surface area contributed by atoms with E-state index in [4.69, 9.17) is 16.3 Å². The summed E-state index contributed by atoms with van der Waals surface area (Å²) in [4.78, 5) is 0. The van der Waals surface area contributed by atoms with Gasteiger partial charge in [-0.2, -0.15) is 0 Å². The second-order valence-electron chi connectivity index (χ2n) is 5.75. The first-order valence-corrected chi connectivity index (χ1v) is 8.19. The molecule has 0 amide bonds. The van der Waals surface area contributed by atoms with E-state index in [0.717, 1.165) is 17.3 Å². The fourth-order valence-electron chi connectivity index (χ4n) is 3.20. The van der Waals surface area contributed by atoms with E-state index in [9.17, 15) is 0 Å². The van der Waals surface area contributed by atoms with E-state index in [0.29, 0.717) is 12.0 Å². The molecular weight excluding hydrogens is 270 g/mol. The van der Waals surface area contributed by atoms with Crippen molar-refractivity contribution in [2.75, 3.05) is 13.7 Å². The maximum atomic E-state index is 6.18. The molecule has 0 bridgehead atoms. The molecule has 1 fully saturated rings. The number of ether oxygens (including phenoxy) is 1. The van der Waals surface area contributed by atoms with Crippen LogP contribution in [0.2, 0.25) is 5.02 Å². The fraction of sp³-hybridized carbons (Fsp3) is 0.647. The lowest BCUT2D eigenvalue weighted by Crippen LogP contribution is -2.30. The van der Waals surface area contributed by atoms with Crippen LogP contribution in [0.5, 0.6) is 5.75 Å². The Kier molecular flexibility index (Phi) is 6.18. The van der Waals surface area contributed by atoms with Gasteiger partial charge in [-0.05, 0) is 61.9 Å². The Morgan fingerprint density at radius 3 is 2.85 bits per heavy atom. The van der Waals surface area contributed by atoms with Crippen molar-refractivity contribution in [3.63, 3.8) is 0 Å². The highest BCUT2D eigenvalue weighted by molar-refractivity contribution is 6.30. The number of halogens is 1. The van der Waals surface area contributed by atoms with Gasteiger partial charge in [0, 0.05) is 11.1 Å². The molecule has 2 atom stereocenters. The van der Waals surface area contributed by atoms with Gasteiger partial charge in [-0.15, -0.1) is 0 Å². The molecule has 2 nitrogen and oxygen atoms in total. The van der Waals surface area contributed by atoms with E-state index < -0.39 is 0 Å². The second kappa shape index (κ2) is 7.90. The second-order valence-corrected chi connectivity index (χ2v) is 6.19. The maximum Gasteiger partial charge on any atom is 0.122 e. The lowest BCUT2D eigenvalue weighted by atomic mass is 9.89. The number of hydrogen-bond donors (Lipinski definition) is 1. The van der Waals surface area contributed by atoms with Crippen LogP contribution in [0.1, 0.15) is 56.9 Å². The largest absolute Gasteiger partial charge is 0.496 e. The molecule has 0 aliphatic heterocycles. The number of nitrogens with one attached hydrogen (secondary N) is 1. The highest BCUT2D eigenvalue weighted by Gasteiger charge is 2.23. The Morgan fingerprint density at radius 1 is 1.30 bits per heavy atom. The standard InChI is InChI=1S/C17H26ClNO/c1-3-10-19-15-7-5-4-6-13(11-15)16-12-14(18)8-9-17(16)20-2/h8-9,12-13,15,19H,3-7,10-11H2,1-2H3. The van der Waals surface area contributed by atoms with Gasteiger partial charge in [-0.3, -0.25) is 0 Å². The minimum absolute atomic E-state index is 0.556. The molecule has 1 N–H and O–H groups in total. The first kappa shape index (κ1) is 15.7. The molecule has 0 spiro atoms. The molecule has 112 valence electrons. The van der Waals surface area contributed by atoms with Crippen molar-refractivity contribution >= 4 is 11.6 Å². The van der Waals surface area contributed by atoms with E-state index >= 15 is 0 Å². The molecule has 1 aromatic carbocycles. The SMILES string of the molecule is CCCNC1CCCCC(c2cc(Cl)ccc2OC)C1. The summed E-state index contributed by atoms with van der Waals surface area (Å²) in [6.45, 7) is 3.34. The third-order valence-electron chi connectivity index (χ3n) is 4.24. The predicted molar refractivity (Wildman–Crippen MR) is 85.9 cm³/mol. The van der Waals surface area contributed by atoms with Gasteiger partial charge in [0.1, 0.15) is 5.75 Å². The summed E-state index contributed by atoms with van der Waals surface area (Å²) in [5.41, 5.74) is 1.28. The van der Waals surface area contributed by atoms with Crippen molar-refractivity contribution < 1.29 is 4.74 Å². The molecule has 2 rings (SSSR count). The molecule has 1 aromatic rings. The van der Waals surface area contributed by atoms with E-state index in [1.54, 1.807) is 7.11 Å². The third kappa shape index (κ3) is 4.13. The molecule has 0 saturated heterocycles. The summed E-state index contributed by atoms with van der Waals surface area (Å²) in [5, 5.41) is 4.50. The molecule has 0 heterocycles. The Labute approximate surface area is 127 Å². The van der Waals surface area contributed by atoms with Gasteiger partial charge in [-0.1, -0.05) is 31.4 Å². The Bertz CT molecular complexity index is 421. The molecule has 1 saturated carbocycles.